The number of phosphoric acid groups is 3. The molecule has 0 bridgehead atoms. The van der Waals surface area contributed by atoms with Crippen molar-refractivity contribution >= 4 is 65.0 Å². The first-order chi connectivity index (χ1) is 25.5. The number of hydrogen-bond donors (Lipinski definition) is 12. The molecule has 31 heteroatoms. The fourth-order valence-electron chi connectivity index (χ4n) is 5.01. The summed E-state index contributed by atoms with van der Waals surface area (Å²) < 4.78 is 67.2. The second-order valence-corrected chi connectivity index (χ2v) is 16.1. The monoisotopic (exact) mass is 866 g/mol. The lowest BCUT2D eigenvalue weighted by Crippen LogP contribution is -2.40. The van der Waals surface area contributed by atoms with Crippen molar-refractivity contribution in [1.82, 2.24) is 24.4 Å². The fraction of sp³-hybridized carbons (Fsp3) is 0.542. The van der Waals surface area contributed by atoms with Crippen molar-refractivity contribution in [2.45, 2.75) is 61.5 Å². The summed E-state index contributed by atoms with van der Waals surface area (Å²) in [5.41, 5.74) is 16.2. The molecule has 11 atom stereocenters. The second-order valence-electron chi connectivity index (χ2n) is 11.5. The summed E-state index contributed by atoms with van der Waals surface area (Å²) in [5, 5.41) is 39.5. The molecule has 2 fully saturated rings. The number of hydrogen-bond acceptors (Lipinski definition) is 21. The SMILES string of the molecule is NC(=O)C1=CN(C2O[C@H](COP(=O)(O)OP(=O)(O)OC[C@H]3O[C@@H](n4cnc5c(N)ncnc54)[C@H](OP(=O)(O)O)[C@@H]3O)C(O)C2O)C=CC1.NC(CS)C(=O)O. The van der Waals surface area contributed by atoms with Crippen LogP contribution < -0.4 is 17.2 Å². The number of carbonyl (C=O) groups is 2. The number of rotatable bonds is 15. The Morgan fingerprint density at radius 3 is 2.11 bits per heavy atom. The van der Waals surface area contributed by atoms with Gasteiger partial charge in [-0.1, -0.05) is 6.08 Å². The Labute approximate surface area is 314 Å². The van der Waals surface area contributed by atoms with Gasteiger partial charge in [0.2, 0.25) is 5.91 Å². The molecule has 2 aromatic rings. The number of carboxylic acid groups (broad SMARTS) is 1. The maximum atomic E-state index is 12.6. The van der Waals surface area contributed by atoms with Gasteiger partial charge in [0.05, 0.1) is 19.5 Å². The van der Waals surface area contributed by atoms with Crippen LogP contribution >= 0.6 is 36.1 Å². The molecule has 3 aliphatic rings. The normalized spacial score (nSPS) is 29.5. The lowest BCUT2D eigenvalue weighted by atomic mass is 10.1. The third kappa shape index (κ3) is 11.6. The summed E-state index contributed by atoms with van der Waals surface area (Å²) in [6.45, 7) is -2.02. The molecule has 2 aromatic heterocycles. The topological polar surface area (TPSA) is 427 Å². The number of carbonyl (C=O) groups excluding carboxylic acids is 1. The van der Waals surface area contributed by atoms with Crippen molar-refractivity contribution in [2.24, 2.45) is 11.5 Å². The van der Waals surface area contributed by atoms with Crippen LogP contribution in [0.5, 0.6) is 0 Å². The predicted molar refractivity (Wildman–Crippen MR) is 182 cm³/mol. The molecular weight excluding hydrogens is 829 g/mol. The number of thiol groups is 1. The summed E-state index contributed by atoms with van der Waals surface area (Å²) in [6, 6.07) is -0.816. The Balaban J connectivity index is 0.000000876. The quantitative estimate of drug-likeness (QED) is 0.0618. The van der Waals surface area contributed by atoms with Crippen molar-refractivity contribution in [1.29, 1.82) is 0 Å². The number of fused-ring (bicyclic) bond motifs is 1. The highest BCUT2D eigenvalue weighted by molar-refractivity contribution is 7.80. The van der Waals surface area contributed by atoms with Gasteiger partial charge in [0, 0.05) is 23.7 Å². The number of primary amides is 1. The maximum absolute atomic E-state index is 12.6. The van der Waals surface area contributed by atoms with Gasteiger partial charge >= 0.3 is 29.4 Å². The van der Waals surface area contributed by atoms with Crippen LogP contribution in [0.4, 0.5) is 5.82 Å². The standard InChI is InChI=1S/C21H30N7O17P3.C3H7NO2S/c22-17-12-19(25-7-24-17)28(8-26-12)21-16(44-46(33,34)35)14(30)11(43-21)6-41-48(38,39)45-47(36,37)40-5-10-13(29)15(31)20(42-10)27-3-1-2-9(4-27)18(23)32;4-2(1-7)3(5)6/h1,3-4,7-8,10-11,13-16,20-21,29-31H,2,5-6H2,(H2,23,32)(H,36,37)(H,38,39)(H2,22,24,25)(H2,33,34,35);2,7H,1,4H2,(H,5,6)/t10-,11-,13?,14-,15?,16-,20?,21-;/m1./s1. The minimum absolute atomic E-state index is 0.00424. The number of aliphatic carboxylic acids is 1. The number of carboxylic acids is 1. The molecule has 2 saturated heterocycles. The molecule has 0 aromatic carbocycles. The summed E-state index contributed by atoms with van der Waals surface area (Å²) in [5.74, 6) is -1.61. The van der Waals surface area contributed by atoms with Gasteiger partial charge in [-0.15, -0.1) is 0 Å². The number of nitrogens with zero attached hydrogens (tertiary/aromatic N) is 5. The molecule has 6 unspecified atom stereocenters. The summed E-state index contributed by atoms with van der Waals surface area (Å²) >= 11 is 3.65. The average Bonchev–Trinajstić information content (AvgIpc) is 3.75. The van der Waals surface area contributed by atoms with E-state index in [-0.39, 0.29) is 34.7 Å². The number of amides is 1. The number of anilines is 1. The first kappa shape index (κ1) is 44.8. The number of aromatic nitrogens is 4. The number of nitrogen functional groups attached to an aromatic ring is 1. The lowest BCUT2D eigenvalue weighted by molar-refractivity contribution is -0.137. The van der Waals surface area contributed by atoms with Crippen molar-refractivity contribution in [3.05, 3.63) is 36.7 Å². The maximum Gasteiger partial charge on any atom is 0.481 e. The van der Waals surface area contributed by atoms with Crippen molar-refractivity contribution in [2.75, 3.05) is 24.7 Å². The summed E-state index contributed by atoms with van der Waals surface area (Å²) in [4.78, 5) is 73.2. The van der Waals surface area contributed by atoms with Crippen molar-refractivity contribution < 1.29 is 90.6 Å². The van der Waals surface area contributed by atoms with E-state index < -0.39 is 104 Å². The first-order valence-corrected chi connectivity index (χ1v) is 20.4. The van der Waals surface area contributed by atoms with E-state index >= 15 is 0 Å². The van der Waals surface area contributed by atoms with Gasteiger partial charge in [0.15, 0.2) is 23.9 Å². The van der Waals surface area contributed by atoms with E-state index in [0.717, 1.165) is 17.2 Å². The minimum atomic E-state index is -5.52. The van der Waals surface area contributed by atoms with Gasteiger partial charge in [0.1, 0.15) is 54.5 Å². The summed E-state index contributed by atoms with van der Waals surface area (Å²) in [6.07, 6.45) is -6.47. The second kappa shape index (κ2) is 18.1. The first-order valence-electron chi connectivity index (χ1n) is 15.3. The van der Waals surface area contributed by atoms with E-state index in [4.69, 9.17) is 40.8 Å². The highest BCUT2D eigenvalue weighted by Gasteiger charge is 2.51. The van der Waals surface area contributed by atoms with Gasteiger partial charge in [-0.25, -0.2) is 28.6 Å². The molecule has 0 spiro atoms. The molecular formula is C24H37N8O19P3S. The van der Waals surface area contributed by atoms with Crippen LogP contribution in [-0.2, 0) is 50.6 Å². The Kier molecular flexibility index (Phi) is 14.7. The number of imidazole rings is 1. The third-order valence-corrected chi connectivity index (χ3v) is 11.1. The van der Waals surface area contributed by atoms with Crippen LogP contribution in [0.3, 0.4) is 0 Å². The highest BCUT2D eigenvalue weighted by atomic mass is 32.1. The van der Waals surface area contributed by atoms with E-state index in [1.165, 1.54) is 23.4 Å². The van der Waals surface area contributed by atoms with Crippen LogP contribution in [-0.4, -0.2) is 144 Å². The molecule has 5 rings (SSSR count). The van der Waals surface area contributed by atoms with Gasteiger partial charge in [-0.3, -0.25) is 27.7 Å². The summed E-state index contributed by atoms with van der Waals surface area (Å²) in [7, 11) is -16.3. The predicted octanol–water partition coefficient (Wildman–Crippen LogP) is -3.24. The Bertz CT molecular complexity index is 1920. The average molecular weight is 867 g/mol. The zero-order valence-electron chi connectivity index (χ0n) is 27.7. The lowest BCUT2D eigenvalue weighted by Gasteiger charge is -2.28. The van der Waals surface area contributed by atoms with Crippen molar-refractivity contribution in [3.8, 4) is 0 Å². The fourth-order valence-corrected chi connectivity index (χ4v) is 7.80. The number of aliphatic hydroxyl groups excluding tert-OH is 3. The van der Waals surface area contributed by atoms with Gasteiger partial charge in [-0.2, -0.15) is 16.9 Å². The van der Waals surface area contributed by atoms with Gasteiger partial charge < -0.3 is 71.6 Å². The molecule has 14 N–H and O–H groups in total. The van der Waals surface area contributed by atoms with Crippen LogP contribution in [0.15, 0.2) is 36.7 Å². The molecule has 0 radical (unpaired) electrons. The molecule has 55 heavy (non-hydrogen) atoms. The van der Waals surface area contributed by atoms with Gasteiger partial charge in [-0.05, 0) is 6.42 Å². The van der Waals surface area contributed by atoms with E-state index in [2.05, 4.69) is 36.4 Å². The zero-order chi connectivity index (χ0) is 41.0. The molecule has 3 aliphatic heterocycles. The van der Waals surface area contributed by atoms with Crippen LogP contribution in [0.2, 0.25) is 0 Å². The molecule has 0 aliphatic carbocycles. The van der Waals surface area contributed by atoms with Crippen LogP contribution in [0.25, 0.3) is 11.2 Å². The number of phosphoric ester groups is 3. The van der Waals surface area contributed by atoms with E-state index in [9.17, 15) is 58.2 Å². The van der Waals surface area contributed by atoms with Gasteiger partial charge in [0.25, 0.3) is 0 Å². The number of ether oxygens (including phenoxy) is 2. The molecule has 1 amide bonds. The smallest absolute Gasteiger partial charge is 0.480 e. The van der Waals surface area contributed by atoms with E-state index in [0.29, 0.717) is 0 Å². The largest absolute Gasteiger partial charge is 0.481 e. The van der Waals surface area contributed by atoms with E-state index in [1.54, 1.807) is 0 Å². The van der Waals surface area contributed by atoms with Crippen LogP contribution in [0.1, 0.15) is 12.6 Å². The third-order valence-electron chi connectivity index (χ3n) is 7.62. The van der Waals surface area contributed by atoms with Crippen molar-refractivity contribution in [3.63, 3.8) is 0 Å². The Morgan fingerprint density at radius 1 is 0.964 bits per heavy atom. The minimum Gasteiger partial charge on any atom is -0.480 e. The molecule has 0 saturated carbocycles. The molecule has 27 nitrogen and oxygen atoms in total. The van der Waals surface area contributed by atoms with Crippen LogP contribution in [0, 0.1) is 0 Å². The molecule has 5 heterocycles. The molecule has 308 valence electrons. The Morgan fingerprint density at radius 2 is 1.56 bits per heavy atom. The van der Waals surface area contributed by atoms with E-state index in [1.807, 2.05) is 0 Å². The number of allylic oxidation sites excluding steroid dienone is 1. The highest BCUT2D eigenvalue weighted by Crippen LogP contribution is 2.61. The number of nitrogens with two attached hydrogens (primary N) is 3. The Hall–Kier alpha value is -2.95. The number of aliphatic hydroxyl groups is 3. The zero-order valence-corrected chi connectivity index (χ0v) is 31.3.